The summed E-state index contributed by atoms with van der Waals surface area (Å²) in [6.45, 7) is 8.62. The largest absolute Gasteiger partial charge is 0.378 e. The highest BCUT2D eigenvalue weighted by atomic mass is 32.1. The lowest BCUT2D eigenvalue weighted by molar-refractivity contribution is 0.0778. The summed E-state index contributed by atoms with van der Waals surface area (Å²) in [5.41, 5.74) is 3.47. The lowest BCUT2D eigenvalue weighted by Gasteiger charge is -2.29. The third-order valence-electron chi connectivity index (χ3n) is 5.83. The van der Waals surface area contributed by atoms with E-state index in [4.69, 9.17) is 14.7 Å². The van der Waals surface area contributed by atoms with Crippen molar-refractivity contribution in [3.63, 3.8) is 0 Å². The molecule has 0 spiro atoms. The standard InChI is InChI=1S/C22H31N5O2S/c1-5-26(6-2)22(28)19-18(23-14-25(3)4)17-15-8-7-9-16(15)20(24-21(17)30-19)27-10-12-29-13-11-27/h14H,5-13H2,1-4H3. The van der Waals surface area contributed by atoms with E-state index in [1.807, 2.05) is 37.7 Å². The molecule has 1 amide bonds. The highest BCUT2D eigenvalue weighted by molar-refractivity contribution is 7.21. The molecule has 8 heteroatoms. The van der Waals surface area contributed by atoms with E-state index in [-0.39, 0.29) is 5.91 Å². The molecule has 7 nitrogen and oxygen atoms in total. The van der Waals surface area contributed by atoms with Crippen LogP contribution in [0.3, 0.4) is 0 Å². The zero-order chi connectivity index (χ0) is 21.3. The van der Waals surface area contributed by atoms with Gasteiger partial charge in [0.25, 0.3) is 5.91 Å². The quantitative estimate of drug-likeness (QED) is 0.521. The van der Waals surface area contributed by atoms with Gasteiger partial charge in [-0.25, -0.2) is 9.98 Å². The number of amides is 1. The van der Waals surface area contributed by atoms with E-state index in [1.165, 1.54) is 22.5 Å². The lowest BCUT2D eigenvalue weighted by Crippen LogP contribution is -2.37. The smallest absolute Gasteiger partial charge is 0.266 e. The fourth-order valence-corrected chi connectivity index (χ4v) is 5.44. The van der Waals surface area contributed by atoms with E-state index in [0.29, 0.717) is 18.0 Å². The number of rotatable bonds is 6. The van der Waals surface area contributed by atoms with Gasteiger partial charge in [0.15, 0.2) is 0 Å². The number of hydrogen-bond donors (Lipinski definition) is 0. The van der Waals surface area contributed by atoms with Gasteiger partial charge in [-0.05, 0) is 44.2 Å². The van der Waals surface area contributed by atoms with Crippen LogP contribution in [0.1, 0.15) is 41.1 Å². The van der Waals surface area contributed by atoms with Crippen LogP contribution in [0.25, 0.3) is 10.2 Å². The summed E-state index contributed by atoms with van der Waals surface area (Å²) in [4.78, 5) is 31.0. The average Bonchev–Trinajstić information content (AvgIpc) is 3.37. The van der Waals surface area contributed by atoms with E-state index < -0.39 is 0 Å². The van der Waals surface area contributed by atoms with Crippen LogP contribution in [0.15, 0.2) is 4.99 Å². The lowest BCUT2D eigenvalue weighted by atomic mass is 10.1. The van der Waals surface area contributed by atoms with Gasteiger partial charge in [0.1, 0.15) is 15.5 Å². The van der Waals surface area contributed by atoms with Crippen molar-refractivity contribution in [1.29, 1.82) is 0 Å². The first kappa shape index (κ1) is 21.1. The number of aryl methyl sites for hydroxylation is 1. The predicted octanol–water partition coefficient (Wildman–Crippen LogP) is 3.33. The highest BCUT2D eigenvalue weighted by Gasteiger charge is 2.30. The summed E-state index contributed by atoms with van der Waals surface area (Å²) in [6.07, 6.45) is 4.97. The molecular weight excluding hydrogens is 398 g/mol. The van der Waals surface area contributed by atoms with E-state index in [0.717, 1.165) is 67.3 Å². The van der Waals surface area contributed by atoms with Crippen molar-refractivity contribution in [3.05, 3.63) is 16.0 Å². The Hall–Kier alpha value is -2.19. The second kappa shape index (κ2) is 8.89. The Morgan fingerprint density at radius 3 is 2.57 bits per heavy atom. The van der Waals surface area contributed by atoms with Gasteiger partial charge in [-0.2, -0.15) is 0 Å². The number of aromatic nitrogens is 1. The van der Waals surface area contributed by atoms with Crippen LogP contribution >= 0.6 is 11.3 Å². The maximum atomic E-state index is 13.3. The molecule has 0 aromatic carbocycles. The number of thiophene rings is 1. The van der Waals surface area contributed by atoms with Crippen molar-refractivity contribution in [1.82, 2.24) is 14.8 Å². The number of morpholine rings is 1. The number of nitrogens with zero attached hydrogens (tertiary/aromatic N) is 5. The van der Waals surface area contributed by atoms with Crippen LogP contribution < -0.4 is 4.90 Å². The van der Waals surface area contributed by atoms with Crippen molar-refractivity contribution in [2.24, 2.45) is 4.99 Å². The molecule has 1 aliphatic heterocycles. The minimum atomic E-state index is 0.0496. The van der Waals surface area contributed by atoms with Gasteiger partial charge in [0.05, 0.1) is 25.2 Å². The summed E-state index contributed by atoms with van der Waals surface area (Å²) >= 11 is 1.49. The average molecular weight is 430 g/mol. The van der Waals surface area contributed by atoms with Crippen LogP contribution in [-0.4, -0.2) is 80.5 Å². The summed E-state index contributed by atoms with van der Waals surface area (Å²) in [5, 5.41) is 1.08. The normalized spacial score (nSPS) is 16.5. The third-order valence-corrected chi connectivity index (χ3v) is 6.90. The number of fused-ring (bicyclic) bond motifs is 3. The van der Waals surface area contributed by atoms with Crippen LogP contribution in [0, 0.1) is 0 Å². The molecule has 4 rings (SSSR count). The minimum absolute atomic E-state index is 0.0496. The zero-order valence-corrected chi connectivity index (χ0v) is 19.2. The molecule has 2 aliphatic rings. The molecule has 0 saturated carbocycles. The third kappa shape index (κ3) is 3.78. The fourth-order valence-electron chi connectivity index (χ4n) is 4.32. The Balaban J connectivity index is 1.91. The van der Waals surface area contributed by atoms with Gasteiger partial charge in [-0.1, -0.05) is 0 Å². The van der Waals surface area contributed by atoms with Gasteiger partial charge in [0.2, 0.25) is 0 Å². The van der Waals surface area contributed by atoms with Crippen LogP contribution in [0.4, 0.5) is 11.5 Å². The van der Waals surface area contributed by atoms with Crippen LogP contribution in [0.5, 0.6) is 0 Å². The van der Waals surface area contributed by atoms with E-state index >= 15 is 0 Å². The first-order chi connectivity index (χ1) is 14.5. The number of pyridine rings is 1. The highest BCUT2D eigenvalue weighted by Crippen LogP contribution is 2.45. The topological polar surface area (TPSA) is 61.3 Å². The van der Waals surface area contributed by atoms with Gasteiger partial charge >= 0.3 is 0 Å². The number of carbonyl (C=O) groups excluding carboxylic acids is 1. The van der Waals surface area contributed by atoms with Crippen LogP contribution in [0.2, 0.25) is 0 Å². The number of anilines is 1. The molecule has 1 aliphatic carbocycles. The SMILES string of the molecule is CCN(CC)C(=O)c1sc2nc(N3CCOCC3)c3c(c2c1N=CN(C)C)CCC3. The molecule has 0 atom stereocenters. The molecule has 0 radical (unpaired) electrons. The molecule has 2 aromatic rings. The molecule has 2 aromatic heterocycles. The molecule has 1 saturated heterocycles. The van der Waals surface area contributed by atoms with Crippen molar-refractivity contribution in [2.75, 3.05) is 58.4 Å². The van der Waals surface area contributed by atoms with Crippen molar-refractivity contribution in [2.45, 2.75) is 33.1 Å². The summed E-state index contributed by atoms with van der Waals surface area (Å²) < 4.78 is 5.55. The molecule has 162 valence electrons. The maximum Gasteiger partial charge on any atom is 0.266 e. The molecule has 1 fully saturated rings. The summed E-state index contributed by atoms with van der Waals surface area (Å²) in [5.74, 6) is 1.14. The monoisotopic (exact) mass is 429 g/mol. The van der Waals surface area contributed by atoms with Crippen molar-refractivity contribution < 1.29 is 9.53 Å². The first-order valence-corrected chi connectivity index (χ1v) is 11.7. The Morgan fingerprint density at radius 2 is 1.90 bits per heavy atom. The second-order valence-corrected chi connectivity index (χ2v) is 8.99. The molecule has 3 heterocycles. The summed E-state index contributed by atoms with van der Waals surface area (Å²) in [6, 6.07) is 0. The Bertz CT molecular complexity index is 958. The zero-order valence-electron chi connectivity index (χ0n) is 18.4. The Labute approximate surface area is 182 Å². The molecule has 0 bridgehead atoms. The Morgan fingerprint density at radius 1 is 1.20 bits per heavy atom. The van der Waals surface area contributed by atoms with Gasteiger partial charge in [-0.3, -0.25) is 4.79 Å². The van der Waals surface area contributed by atoms with Gasteiger partial charge in [0, 0.05) is 45.7 Å². The summed E-state index contributed by atoms with van der Waals surface area (Å²) in [7, 11) is 3.90. The molecule has 0 unspecified atom stereocenters. The van der Waals surface area contributed by atoms with Gasteiger partial charge in [-0.15, -0.1) is 11.3 Å². The molecule has 30 heavy (non-hydrogen) atoms. The van der Waals surface area contributed by atoms with E-state index in [2.05, 4.69) is 4.90 Å². The molecular formula is C22H31N5O2S. The predicted molar refractivity (Wildman–Crippen MR) is 124 cm³/mol. The maximum absolute atomic E-state index is 13.3. The second-order valence-electron chi connectivity index (χ2n) is 7.99. The number of aliphatic imine (C=N–C) groups is 1. The number of hydrogen-bond acceptors (Lipinski definition) is 6. The Kier molecular flexibility index (Phi) is 6.24. The number of ether oxygens (including phenoxy) is 1. The molecule has 0 N–H and O–H groups in total. The van der Waals surface area contributed by atoms with Crippen molar-refractivity contribution in [3.8, 4) is 0 Å². The van der Waals surface area contributed by atoms with Crippen LogP contribution in [-0.2, 0) is 17.6 Å². The fraction of sp³-hybridized carbons (Fsp3) is 0.591. The van der Waals surface area contributed by atoms with E-state index in [9.17, 15) is 4.79 Å². The first-order valence-electron chi connectivity index (χ1n) is 10.9. The number of carbonyl (C=O) groups is 1. The van der Waals surface area contributed by atoms with Gasteiger partial charge < -0.3 is 19.4 Å². The van der Waals surface area contributed by atoms with Crippen molar-refractivity contribution >= 4 is 45.3 Å². The minimum Gasteiger partial charge on any atom is -0.378 e. The van der Waals surface area contributed by atoms with E-state index in [1.54, 1.807) is 6.34 Å².